The summed E-state index contributed by atoms with van der Waals surface area (Å²) in [7, 11) is -3.73. The molecule has 39 heavy (non-hydrogen) atoms. The van der Waals surface area contributed by atoms with Crippen LogP contribution in [0.3, 0.4) is 0 Å². The van der Waals surface area contributed by atoms with Crippen LogP contribution >= 0.6 is 0 Å². The lowest BCUT2D eigenvalue weighted by Crippen LogP contribution is -2.42. The number of nitrogens with one attached hydrogen (secondary N) is 1. The summed E-state index contributed by atoms with van der Waals surface area (Å²) in [5.74, 6) is -0.750. The zero-order valence-corrected chi connectivity index (χ0v) is 23.0. The van der Waals surface area contributed by atoms with Crippen molar-refractivity contribution in [2.75, 3.05) is 6.26 Å². The average Bonchev–Trinajstić information content (AvgIpc) is 3.26. The van der Waals surface area contributed by atoms with Crippen molar-refractivity contribution in [3.63, 3.8) is 0 Å². The summed E-state index contributed by atoms with van der Waals surface area (Å²) in [6, 6.07) is 11.0. The predicted octanol–water partition coefficient (Wildman–Crippen LogP) is 5.79. The zero-order valence-electron chi connectivity index (χ0n) is 21.3. The Bertz CT molecular complexity index is 1620. The van der Waals surface area contributed by atoms with E-state index in [9.17, 15) is 30.5 Å². The van der Waals surface area contributed by atoms with Gasteiger partial charge >= 0.3 is 6.18 Å². The van der Waals surface area contributed by atoms with Crippen molar-refractivity contribution in [1.29, 1.82) is 0 Å². The maximum absolute atomic E-state index is 14.8. The van der Waals surface area contributed by atoms with Gasteiger partial charge in [0, 0.05) is 35.0 Å². The van der Waals surface area contributed by atoms with Gasteiger partial charge in [-0.05, 0) is 56.7 Å². The first-order valence-corrected chi connectivity index (χ1v) is 14.7. The highest BCUT2D eigenvalue weighted by molar-refractivity contribution is 7.91. The Morgan fingerprint density at radius 1 is 1.08 bits per heavy atom. The number of hydrogen-bond donors (Lipinski definition) is 1. The largest absolute Gasteiger partial charge is 0.598 e. The molecule has 0 spiro atoms. The van der Waals surface area contributed by atoms with Gasteiger partial charge in [0.1, 0.15) is 16.3 Å². The summed E-state index contributed by atoms with van der Waals surface area (Å²) in [4.78, 5) is 4.01. The van der Waals surface area contributed by atoms with Crippen LogP contribution in [0.15, 0.2) is 64.1 Å². The van der Waals surface area contributed by atoms with Crippen molar-refractivity contribution in [2.24, 2.45) is 0 Å². The highest BCUT2D eigenvalue weighted by atomic mass is 32.2. The summed E-state index contributed by atoms with van der Waals surface area (Å²) in [6.45, 7) is 5.22. The molecule has 0 aliphatic heterocycles. The molecule has 0 amide bonds. The van der Waals surface area contributed by atoms with E-state index in [0.717, 1.165) is 30.5 Å². The number of benzene rings is 2. The molecule has 0 radical (unpaired) electrons. The van der Waals surface area contributed by atoms with Gasteiger partial charge in [0.2, 0.25) is 0 Å². The molecular weight excluding hydrogens is 558 g/mol. The molecule has 208 valence electrons. The third kappa shape index (κ3) is 6.43. The van der Waals surface area contributed by atoms with Gasteiger partial charge in [0.15, 0.2) is 20.4 Å². The first-order valence-electron chi connectivity index (χ1n) is 11.6. The molecule has 2 aromatic carbocycles. The molecule has 7 nitrogen and oxygen atoms in total. The Kier molecular flexibility index (Phi) is 7.83. The van der Waals surface area contributed by atoms with Crippen LogP contribution in [0.4, 0.5) is 17.6 Å². The number of hydrogen-bond acceptors (Lipinski definition) is 7. The molecule has 0 saturated carbocycles. The van der Waals surface area contributed by atoms with Crippen LogP contribution < -0.4 is 4.72 Å². The quantitative estimate of drug-likeness (QED) is 0.217. The molecule has 4 aromatic rings. The molecule has 0 aliphatic rings. The second kappa shape index (κ2) is 10.5. The van der Waals surface area contributed by atoms with Crippen LogP contribution in [0.25, 0.3) is 22.2 Å². The fourth-order valence-corrected chi connectivity index (χ4v) is 5.27. The Morgan fingerprint density at radius 3 is 2.41 bits per heavy atom. The van der Waals surface area contributed by atoms with Gasteiger partial charge in [-0.2, -0.15) is 13.2 Å². The third-order valence-electron chi connectivity index (χ3n) is 5.87. The summed E-state index contributed by atoms with van der Waals surface area (Å²) >= 11 is -1.65. The van der Waals surface area contributed by atoms with Crippen LogP contribution in [-0.4, -0.2) is 34.1 Å². The lowest BCUT2D eigenvalue weighted by molar-refractivity contribution is -0.137. The number of pyridine rings is 1. The van der Waals surface area contributed by atoms with Crippen LogP contribution in [0, 0.1) is 5.82 Å². The minimum atomic E-state index is -4.57. The SMILES string of the molecule is CC(C)(C)[S+]([O-])NC(Cc1nc(S(C)(=O)=O)ccc1F)c1ccccc1-c1noc2cc(C(F)(F)F)ccc12. The van der Waals surface area contributed by atoms with Crippen molar-refractivity contribution in [2.45, 2.75) is 49.2 Å². The number of fused-ring (bicyclic) bond motifs is 1. The summed E-state index contributed by atoms with van der Waals surface area (Å²) in [5.41, 5.74) is 0.0246. The normalized spacial score (nSPS) is 14.5. The Morgan fingerprint density at radius 2 is 1.77 bits per heavy atom. The second-order valence-electron chi connectivity index (χ2n) is 9.93. The van der Waals surface area contributed by atoms with Gasteiger partial charge < -0.3 is 9.08 Å². The second-order valence-corrected chi connectivity index (χ2v) is 13.9. The molecule has 0 aliphatic carbocycles. The summed E-state index contributed by atoms with van der Waals surface area (Å²) < 4.78 is 99.2. The van der Waals surface area contributed by atoms with E-state index in [0.29, 0.717) is 16.5 Å². The topological polar surface area (TPSA) is 108 Å². The maximum atomic E-state index is 14.8. The number of nitrogens with zero attached hydrogens (tertiary/aromatic N) is 2. The standard InChI is InChI=1S/C26H25F4N3O4S2/c1-25(2,3)38(34)33-20(14-21-19(27)11-12-23(31-21)39(4,35)36)16-7-5-6-8-17(16)24-18-10-9-15(26(28,29)30)13-22(18)37-32-24/h5-13,20,33H,14H2,1-4H3. The fraction of sp³-hybridized carbons (Fsp3) is 0.308. The van der Waals surface area contributed by atoms with E-state index in [2.05, 4.69) is 14.9 Å². The van der Waals surface area contributed by atoms with E-state index in [1.165, 1.54) is 6.07 Å². The summed E-state index contributed by atoms with van der Waals surface area (Å²) in [5, 5.41) is 4.02. The molecule has 0 bridgehead atoms. The van der Waals surface area contributed by atoms with Crippen LogP contribution in [0.2, 0.25) is 0 Å². The summed E-state index contributed by atoms with van der Waals surface area (Å²) in [6.07, 6.45) is -3.80. The molecule has 1 N–H and O–H groups in total. The number of halogens is 4. The predicted molar refractivity (Wildman–Crippen MR) is 139 cm³/mol. The fourth-order valence-electron chi connectivity index (χ4n) is 3.85. The monoisotopic (exact) mass is 583 g/mol. The van der Waals surface area contributed by atoms with Gasteiger partial charge in [-0.1, -0.05) is 29.4 Å². The van der Waals surface area contributed by atoms with E-state index >= 15 is 0 Å². The molecule has 0 saturated heterocycles. The molecule has 2 atom stereocenters. The molecule has 4 rings (SSSR count). The number of sulfone groups is 1. The number of alkyl halides is 3. The van der Waals surface area contributed by atoms with E-state index in [1.807, 2.05) is 0 Å². The molecule has 13 heteroatoms. The van der Waals surface area contributed by atoms with Crippen molar-refractivity contribution in [3.8, 4) is 11.3 Å². The highest BCUT2D eigenvalue weighted by Gasteiger charge is 2.34. The lowest BCUT2D eigenvalue weighted by Gasteiger charge is -2.29. The van der Waals surface area contributed by atoms with Crippen molar-refractivity contribution in [1.82, 2.24) is 14.9 Å². The lowest BCUT2D eigenvalue weighted by atomic mass is 9.94. The van der Waals surface area contributed by atoms with Gasteiger partial charge in [0.05, 0.1) is 17.3 Å². The third-order valence-corrected chi connectivity index (χ3v) is 8.46. The Hall–Kier alpha value is -3.00. The number of aromatic nitrogens is 2. The van der Waals surface area contributed by atoms with Gasteiger partial charge in [-0.15, -0.1) is 4.72 Å². The molecule has 2 unspecified atom stereocenters. The number of rotatable bonds is 7. The van der Waals surface area contributed by atoms with Gasteiger partial charge in [-0.3, -0.25) is 0 Å². The molecular formula is C26H25F4N3O4S2. The Labute approximate surface area is 225 Å². The highest BCUT2D eigenvalue weighted by Crippen LogP contribution is 2.38. The minimum Gasteiger partial charge on any atom is -0.598 e. The van der Waals surface area contributed by atoms with E-state index in [4.69, 9.17) is 4.52 Å². The van der Waals surface area contributed by atoms with E-state index < -0.39 is 49.5 Å². The van der Waals surface area contributed by atoms with E-state index in [1.54, 1.807) is 45.0 Å². The minimum absolute atomic E-state index is 0.0778. The van der Waals surface area contributed by atoms with Crippen molar-refractivity contribution < 1.29 is 35.1 Å². The van der Waals surface area contributed by atoms with Crippen molar-refractivity contribution in [3.05, 3.63) is 77.2 Å². The zero-order chi connectivity index (χ0) is 28.8. The van der Waals surface area contributed by atoms with Crippen molar-refractivity contribution >= 4 is 32.2 Å². The van der Waals surface area contributed by atoms with Gasteiger partial charge in [-0.25, -0.2) is 17.8 Å². The first-order chi connectivity index (χ1) is 18.1. The average molecular weight is 584 g/mol. The van der Waals surface area contributed by atoms with Gasteiger partial charge in [0.25, 0.3) is 0 Å². The molecule has 2 aromatic heterocycles. The maximum Gasteiger partial charge on any atom is 0.416 e. The molecule has 2 heterocycles. The molecule has 0 fully saturated rings. The first kappa shape index (κ1) is 29.0. The smallest absolute Gasteiger partial charge is 0.416 e. The Balaban J connectivity index is 1.84. The van der Waals surface area contributed by atoms with E-state index in [-0.39, 0.29) is 28.4 Å². The van der Waals surface area contributed by atoms with Crippen LogP contribution in [-0.2, 0) is 33.8 Å². The van der Waals surface area contributed by atoms with Crippen LogP contribution in [0.5, 0.6) is 0 Å². The van der Waals surface area contributed by atoms with Crippen LogP contribution in [0.1, 0.15) is 43.6 Å².